The third-order valence-corrected chi connectivity index (χ3v) is 2.01. The molecule has 0 aliphatic carbocycles. The molecule has 78 valence electrons. The third kappa shape index (κ3) is 2.77. The lowest BCUT2D eigenvalue weighted by molar-refractivity contribution is 0.0161. The van der Waals surface area contributed by atoms with Crippen LogP contribution in [0.4, 0.5) is 8.78 Å². The summed E-state index contributed by atoms with van der Waals surface area (Å²) in [7, 11) is 0. The van der Waals surface area contributed by atoms with Crippen LogP contribution in [0.25, 0.3) is 0 Å². The van der Waals surface area contributed by atoms with Gasteiger partial charge in [0.05, 0.1) is 6.10 Å². The van der Waals surface area contributed by atoms with Crippen molar-refractivity contribution < 1.29 is 13.9 Å². The summed E-state index contributed by atoms with van der Waals surface area (Å²) in [5, 5.41) is 9.15. The number of benzene rings is 1. The monoisotopic (exact) mass is 200 g/mol. The molecule has 0 heterocycles. The van der Waals surface area contributed by atoms with Crippen LogP contribution in [0, 0.1) is 0 Å². The second-order valence-corrected chi connectivity index (χ2v) is 3.60. The van der Waals surface area contributed by atoms with Gasteiger partial charge in [0.25, 0.3) is 5.92 Å². The number of aliphatic hydroxyl groups excluding tert-OH is 1. The van der Waals surface area contributed by atoms with Crippen molar-refractivity contribution in [2.24, 2.45) is 0 Å². The smallest absolute Gasteiger partial charge is 0.270 e. The lowest BCUT2D eigenvalue weighted by atomic mass is 9.98. The molecule has 0 spiro atoms. The molecule has 0 aliphatic heterocycles. The molecule has 0 bridgehead atoms. The summed E-state index contributed by atoms with van der Waals surface area (Å²) < 4.78 is 26.2. The Labute approximate surface area is 82.4 Å². The molecular weight excluding hydrogens is 186 g/mol. The number of aliphatic hydroxyl groups is 1. The van der Waals surface area contributed by atoms with E-state index in [1.807, 2.05) is 0 Å². The molecule has 1 unspecified atom stereocenters. The van der Waals surface area contributed by atoms with E-state index in [1.165, 1.54) is 6.07 Å². The molecule has 0 saturated heterocycles. The van der Waals surface area contributed by atoms with Crippen LogP contribution in [0.1, 0.15) is 25.0 Å². The Balaban J connectivity index is 3.04. The van der Waals surface area contributed by atoms with Gasteiger partial charge in [-0.25, -0.2) is 8.78 Å². The van der Waals surface area contributed by atoms with E-state index in [-0.39, 0.29) is 12.0 Å². The maximum Gasteiger partial charge on any atom is 0.270 e. The standard InChI is InChI=1S/C11H14F2O/c1-8(14)7-9-5-3-4-6-10(9)11(2,12)13/h3-6,8,14H,7H2,1-2H3. The van der Waals surface area contributed by atoms with E-state index in [9.17, 15) is 8.78 Å². The summed E-state index contributed by atoms with van der Waals surface area (Å²) in [5.74, 6) is -2.84. The second-order valence-electron chi connectivity index (χ2n) is 3.60. The van der Waals surface area contributed by atoms with Crippen LogP contribution in [0.3, 0.4) is 0 Å². The van der Waals surface area contributed by atoms with E-state index in [0.29, 0.717) is 5.56 Å². The zero-order chi connectivity index (χ0) is 10.8. The zero-order valence-electron chi connectivity index (χ0n) is 8.30. The zero-order valence-corrected chi connectivity index (χ0v) is 8.30. The maximum absolute atomic E-state index is 13.1. The van der Waals surface area contributed by atoms with E-state index < -0.39 is 12.0 Å². The molecule has 0 aromatic heterocycles. The number of halogens is 2. The summed E-state index contributed by atoms with van der Waals surface area (Å²) in [5.41, 5.74) is 0.510. The summed E-state index contributed by atoms with van der Waals surface area (Å²) >= 11 is 0. The Bertz CT molecular complexity index is 302. The number of rotatable bonds is 3. The summed E-state index contributed by atoms with van der Waals surface area (Å²) in [6.07, 6.45) is -0.335. The van der Waals surface area contributed by atoms with Gasteiger partial charge in [-0.3, -0.25) is 0 Å². The van der Waals surface area contributed by atoms with Crippen LogP contribution >= 0.6 is 0 Å². The minimum atomic E-state index is -2.84. The van der Waals surface area contributed by atoms with Crippen LogP contribution in [0.2, 0.25) is 0 Å². The molecular formula is C11H14F2O. The predicted molar refractivity (Wildman–Crippen MR) is 51.4 cm³/mol. The van der Waals surface area contributed by atoms with Gasteiger partial charge in [-0.05, 0) is 18.9 Å². The van der Waals surface area contributed by atoms with Gasteiger partial charge in [0.1, 0.15) is 0 Å². The highest BCUT2D eigenvalue weighted by atomic mass is 19.3. The van der Waals surface area contributed by atoms with Crippen LogP contribution in [-0.4, -0.2) is 11.2 Å². The van der Waals surface area contributed by atoms with Gasteiger partial charge in [0, 0.05) is 12.5 Å². The first-order valence-corrected chi connectivity index (χ1v) is 4.55. The highest BCUT2D eigenvalue weighted by Crippen LogP contribution is 2.30. The molecule has 0 radical (unpaired) electrons. The summed E-state index contributed by atoms with van der Waals surface area (Å²) in [4.78, 5) is 0. The maximum atomic E-state index is 13.1. The average Bonchev–Trinajstić information content (AvgIpc) is 2.01. The van der Waals surface area contributed by atoms with Gasteiger partial charge < -0.3 is 5.11 Å². The van der Waals surface area contributed by atoms with Gasteiger partial charge in [-0.1, -0.05) is 24.3 Å². The van der Waals surface area contributed by atoms with Gasteiger partial charge >= 0.3 is 0 Å². The highest BCUT2D eigenvalue weighted by molar-refractivity contribution is 5.30. The first-order valence-electron chi connectivity index (χ1n) is 4.55. The number of hydrogen-bond acceptors (Lipinski definition) is 1. The Morgan fingerprint density at radius 2 is 1.93 bits per heavy atom. The highest BCUT2D eigenvalue weighted by Gasteiger charge is 2.27. The molecule has 0 fully saturated rings. The van der Waals surface area contributed by atoms with Crippen molar-refractivity contribution in [2.45, 2.75) is 32.3 Å². The molecule has 0 saturated carbocycles. The Hall–Kier alpha value is -0.960. The Morgan fingerprint density at radius 1 is 1.36 bits per heavy atom. The van der Waals surface area contributed by atoms with Crippen LogP contribution in [0.5, 0.6) is 0 Å². The molecule has 3 heteroatoms. The second kappa shape index (κ2) is 4.05. The molecule has 1 rings (SSSR count). The summed E-state index contributed by atoms with van der Waals surface area (Å²) in [6.45, 7) is 2.46. The van der Waals surface area contributed by atoms with Crippen molar-refractivity contribution in [3.05, 3.63) is 35.4 Å². The normalized spacial score (nSPS) is 14.1. The molecule has 1 aromatic carbocycles. The topological polar surface area (TPSA) is 20.2 Å². The summed E-state index contributed by atoms with van der Waals surface area (Å²) in [6, 6.07) is 6.31. The minimum absolute atomic E-state index is 0.000833. The Kier molecular flexibility index (Phi) is 3.21. The van der Waals surface area contributed by atoms with E-state index >= 15 is 0 Å². The molecule has 0 amide bonds. The van der Waals surface area contributed by atoms with Crippen LogP contribution < -0.4 is 0 Å². The first-order chi connectivity index (χ1) is 6.41. The lowest BCUT2D eigenvalue weighted by Crippen LogP contribution is -2.14. The van der Waals surface area contributed by atoms with Crippen LogP contribution in [-0.2, 0) is 12.3 Å². The fourth-order valence-electron chi connectivity index (χ4n) is 1.44. The van der Waals surface area contributed by atoms with Gasteiger partial charge in [0.15, 0.2) is 0 Å². The van der Waals surface area contributed by atoms with Gasteiger partial charge in [-0.2, -0.15) is 0 Å². The van der Waals surface area contributed by atoms with E-state index in [2.05, 4.69) is 0 Å². The van der Waals surface area contributed by atoms with Crippen molar-refractivity contribution in [1.29, 1.82) is 0 Å². The van der Waals surface area contributed by atoms with Crippen LogP contribution in [0.15, 0.2) is 24.3 Å². The fraction of sp³-hybridized carbons (Fsp3) is 0.455. The molecule has 14 heavy (non-hydrogen) atoms. The van der Waals surface area contributed by atoms with Gasteiger partial charge in [-0.15, -0.1) is 0 Å². The number of hydrogen-bond donors (Lipinski definition) is 1. The SMILES string of the molecule is CC(O)Cc1ccccc1C(C)(F)F. The molecule has 0 aliphatic rings. The number of alkyl halides is 2. The van der Waals surface area contributed by atoms with Crippen molar-refractivity contribution in [2.75, 3.05) is 0 Å². The lowest BCUT2D eigenvalue weighted by Gasteiger charge is -2.16. The van der Waals surface area contributed by atoms with Crippen molar-refractivity contribution in [3.63, 3.8) is 0 Å². The largest absolute Gasteiger partial charge is 0.393 e. The van der Waals surface area contributed by atoms with Crippen molar-refractivity contribution in [1.82, 2.24) is 0 Å². The van der Waals surface area contributed by atoms with Crippen molar-refractivity contribution in [3.8, 4) is 0 Å². The first kappa shape index (κ1) is 11.1. The van der Waals surface area contributed by atoms with E-state index in [1.54, 1.807) is 25.1 Å². The molecule has 1 aromatic rings. The molecule has 1 N–H and O–H groups in total. The average molecular weight is 200 g/mol. The molecule has 1 nitrogen and oxygen atoms in total. The predicted octanol–water partition coefficient (Wildman–Crippen LogP) is 2.72. The third-order valence-electron chi connectivity index (χ3n) is 2.01. The van der Waals surface area contributed by atoms with Crippen molar-refractivity contribution >= 4 is 0 Å². The molecule has 1 atom stereocenters. The fourth-order valence-corrected chi connectivity index (χ4v) is 1.44. The minimum Gasteiger partial charge on any atom is -0.393 e. The quantitative estimate of drug-likeness (QED) is 0.795. The van der Waals surface area contributed by atoms with E-state index in [0.717, 1.165) is 6.92 Å². The van der Waals surface area contributed by atoms with Gasteiger partial charge in [0.2, 0.25) is 0 Å². The van der Waals surface area contributed by atoms with E-state index in [4.69, 9.17) is 5.11 Å². The Morgan fingerprint density at radius 3 is 2.43 bits per heavy atom.